The van der Waals surface area contributed by atoms with Crippen LogP contribution in [0.25, 0.3) is 10.9 Å². The summed E-state index contributed by atoms with van der Waals surface area (Å²) < 4.78 is 0. The van der Waals surface area contributed by atoms with Gasteiger partial charge in [-0.1, -0.05) is 0 Å². The number of nitrogens with zero attached hydrogens (tertiary/aromatic N) is 1. The lowest BCUT2D eigenvalue weighted by atomic mass is 10.0. The topological polar surface area (TPSA) is 69.8 Å². The van der Waals surface area contributed by atoms with Crippen LogP contribution in [0.4, 0.5) is 5.69 Å². The van der Waals surface area contributed by atoms with Gasteiger partial charge in [-0.15, -0.1) is 0 Å². The number of fused-ring (bicyclic) bond motifs is 1. The van der Waals surface area contributed by atoms with Crippen LogP contribution < -0.4 is 10.6 Å². The molecule has 0 radical (unpaired) electrons. The Morgan fingerprint density at radius 2 is 2.39 bits per heavy atom. The molecule has 3 rings (SSSR count). The first-order chi connectivity index (χ1) is 8.74. The maximum Gasteiger partial charge on any atom is 0.229 e. The van der Waals surface area contributed by atoms with E-state index in [9.17, 15) is 4.79 Å². The van der Waals surface area contributed by atoms with Gasteiger partial charge >= 0.3 is 0 Å². The summed E-state index contributed by atoms with van der Waals surface area (Å²) in [5, 5.41) is 14.2. The third-order valence-electron chi connectivity index (χ3n) is 3.57. The van der Waals surface area contributed by atoms with Gasteiger partial charge in [0, 0.05) is 17.1 Å². The van der Waals surface area contributed by atoms with Crippen LogP contribution in [0.2, 0.25) is 0 Å². The molecular weight excluding hydrogens is 228 g/mol. The van der Waals surface area contributed by atoms with Gasteiger partial charge < -0.3 is 10.6 Å². The van der Waals surface area contributed by atoms with Crippen molar-refractivity contribution in [3.05, 3.63) is 24.4 Å². The zero-order chi connectivity index (χ0) is 12.5. The van der Waals surface area contributed by atoms with Gasteiger partial charge in [-0.05, 0) is 38.1 Å². The lowest BCUT2D eigenvalue weighted by Gasteiger charge is -2.14. The van der Waals surface area contributed by atoms with Crippen molar-refractivity contribution in [2.24, 2.45) is 5.92 Å². The number of nitrogens with one attached hydrogen (secondary N) is 3. The van der Waals surface area contributed by atoms with E-state index in [1.807, 2.05) is 18.2 Å². The van der Waals surface area contributed by atoms with Gasteiger partial charge in [0.05, 0.1) is 17.6 Å². The highest BCUT2D eigenvalue weighted by atomic mass is 16.1. The van der Waals surface area contributed by atoms with E-state index in [1.165, 1.54) is 0 Å². The molecule has 1 aliphatic heterocycles. The number of rotatable bonds is 2. The van der Waals surface area contributed by atoms with Crippen LogP contribution in [0.15, 0.2) is 24.4 Å². The number of carbonyl (C=O) groups is 1. The van der Waals surface area contributed by atoms with Crippen molar-refractivity contribution in [1.82, 2.24) is 15.5 Å². The smallest absolute Gasteiger partial charge is 0.229 e. The molecule has 1 amide bonds. The minimum atomic E-state index is 0.0578. The lowest BCUT2D eigenvalue weighted by Crippen LogP contribution is -2.32. The Bertz CT molecular complexity index is 577. The number of H-pyrrole nitrogens is 1. The van der Waals surface area contributed by atoms with Gasteiger partial charge in [0.15, 0.2) is 0 Å². The van der Waals surface area contributed by atoms with Crippen molar-refractivity contribution < 1.29 is 4.79 Å². The third-order valence-corrected chi connectivity index (χ3v) is 3.57. The molecule has 3 N–H and O–H groups in total. The number of benzene rings is 1. The second-order valence-electron chi connectivity index (χ2n) is 4.80. The molecule has 1 aromatic heterocycles. The highest BCUT2D eigenvalue weighted by molar-refractivity contribution is 5.95. The maximum absolute atomic E-state index is 12.1. The van der Waals surface area contributed by atoms with E-state index in [0.29, 0.717) is 0 Å². The zero-order valence-corrected chi connectivity index (χ0v) is 10.2. The summed E-state index contributed by atoms with van der Waals surface area (Å²) in [7, 11) is 0. The van der Waals surface area contributed by atoms with E-state index in [2.05, 4.69) is 27.8 Å². The number of amides is 1. The fraction of sp³-hybridized carbons (Fsp3) is 0.385. The molecule has 1 aliphatic rings. The normalized spacial score (nSPS) is 23.4. The molecule has 2 unspecified atom stereocenters. The highest BCUT2D eigenvalue weighted by Gasteiger charge is 2.29. The molecular formula is C13H16N4O. The van der Waals surface area contributed by atoms with E-state index < -0.39 is 0 Å². The molecule has 1 saturated heterocycles. The van der Waals surface area contributed by atoms with Gasteiger partial charge in [0.25, 0.3) is 0 Å². The average molecular weight is 244 g/mol. The standard InChI is InChI=1S/C13H16N4O/c1-8-11(4-5-14-8)13(18)16-10-3-2-9-7-15-17-12(9)6-10/h2-3,6-8,11,14H,4-5H2,1H3,(H,15,17)(H,16,18). The van der Waals surface area contributed by atoms with E-state index in [4.69, 9.17) is 0 Å². The van der Waals surface area contributed by atoms with Crippen LogP contribution in [0, 0.1) is 5.92 Å². The second-order valence-corrected chi connectivity index (χ2v) is 4.80. The van der Waals surface area contributed by atoms with Gasteiger partial charge in [0.2, 0.25) is 5.91 Å². The molecule has 2 atom stereocenters. The largest absolute Gasteiger partial charge is 0.326 e. The highest BCUT2D eigenvalue weighted by Crippen LogP contribution is 2.20. The van der Waals surface area contributed by atoms with Gasteiger partial charge in [-0.2, -0.15) is 5.10 Å². The van der Waals surface area contributed by atoms with Gasteiger partial charge in [-0.3, -0.25) is 9.89 Å². The Kier molecular flexibility index (Phi) is 2.76. The number of carbonyl (C=O) groups excluding carboxylic acids is 1. The molecule has 0 aliphatic carbocycles. The van der Waals surface area contributed by atoms with Crippen molar-refractivity contribution in [1.29, 1.82) is 0 Å². The predicted octanol–water partition coefficient (Wildman–Crippen LogP) is 1.50. The SMILES string of the molecule is CC1NCCC1C(=O)Nc1ccc2cn[nH]c2c1. The summed E-state index contributed by atoms with van der Waals surface area (Å²) in [5.74, 6) is 0.147. The van der Waals surface area contributed by atoms with E-state index in [-0.39, 0.29) is 17.9 Å². The molecule has 1 aromatic carbocycles. The monoisotopic (exact) mass is 244 g/mol. The van der Waals surface area contributed by atoms with Crippen LogP contribution >= 0.6 is 0 Å². The van der Waals surface area contributed by atoms with Crippen LogP contribution in [0.3, 0.4) is 0 Å². The summed E-state index contributed by atoms with van der Waals surface area (Å²) in [6, 6.07) is 6.02. The minimum Gasteiger partial charge on any atom is -0.326 e. The quantitative estimate of drug-likeness (QED) is 0.749. The van der Waals surface area contributed by atoms with E-state index in [1.54, 1.807) is 6.20 Å². The van der Waals surface area contributed by atoms with Crippen molar-refractivity contribution in [3.8, 4) is 0 Å². The molecule has 5 nitrogen and oxygen atoms in total. The number of hydrogen-bond acceptors (Lipinski definition) is 3. The summed E-state index contributed by atoms with van der Waals surface area (Å²) in [5.41, 5.74) is 1.75. The summed E-state index contributed by atoms with van der Waals surface area (Å²) in [4.78, 5) is 12.1. The Labute approximate surface area is 105 Å². The number of anilines is 1. The molecule has 0 bridgehead atoms. The van der Waals surface area contributed by atoms with Gasteiger partial charge in [-0.25, -0.2) is 0 Å². The molecule has 5 heteroatoms. The average Bonchev–Trinajstić information content (AvgIpc) is 2.96. The second kappa shape index (κ2) is 4.42. The molecule has 0 spiro atoms. The molecule has 0 saturated carbocycles. The Balaban J connectivity index is 1.77. The molecule has 2 aromatic rings. The van der Waals surface area contributed by atoms with E-state index in [0.717, 1.165) is 29.6 Å². The van der Waals surface area contributed by atoms with Crippen LogP contribution in [0.1, 0.15) is 13.3 Å². The molecule has 94 valence electrons. The Morgan fingerprint density at radius 1 is 1.50 bits per heavy atom. The molecule has 18 heavy (non-hydrogen) atoms. The predicted molar refractivity (Wildman–Crippen MR) is 70.3 cm³/mol. The van der Waals surface area contributed by atoms with Crippen LogP contribution in [0.5, 0.6) is 0 Å². The fourth-order valence-corrected chi connectivity index (χ4v) is 2.47. The third kappa shape index (κ3) is 1.97. The van der Waals surface area contributed by atoms with E-state index >= 15 is 0 Å². The van der Waals surface area contributed by atoms with Gasteiger partial charge in [0.1, 0.15) is 0 Å². The summed E-state index contributed by atoms with van der Waals surface area (Å²) >= 11 is 0. The number of aromatic amines is 1. The zero-order valence-electron chi connectivity index (χ0n) is 10.2. The van der Waals surface area contributed by atoms with Crippen molar-refractivity contribution in [2.45, 2.75) is 19.4 Å². The number of aromatic nitrogens is 2. The molecule has 1 fully saturated rings. The first-order valence-corrected chi connectivity index (χ1v) is 6.21. The first kappa shape index (κ1) is 11.2. The first-order valence-electron chi connectivity index (χ1n) is 6.21. The Morgan fingerprint density at radius 3 is 3.17 bits per heavy atom. The summed E-state index contributed by atoms with van der Waals surface area (Å²) in [6.45, 7) is 2.97. The van der Waals surface area contributed by atoms with Crippen LogP contribution in [-0.2, 0) is 4.79 Å². The van der Waals surface area contributed by atoms with Crippen molar-refractivity contribution in [2.75, 3.05) is 11.9 Å². The maximum atomic E-state index is 12.1. The number of hydrogen-bond donors (Lipinski definition) is 3. The molecule has 2 heterocycles. The lowest BCUT2D eigenvalue weighted by molar-refractivity contribution is -0.119. The van der Waals surface area contributed by atoms with Crippen molar-refractivity contribution in [3.63, 3.8) is 0 Å². The fourth-order valence-electron chi connectivity index (χ4n) is 2.47. The minimum absolute atomic E-state index is 0.0578. The van der Waals surface area contributed by atoms with Crippen molar-refractivity contribution >= 4 is 22.5 Å². The Hall–Kier alpha value is -1.88. The van der Waals surface area contributed by atoms with Crippen LogP contribution in [-0.4, -0.2) is 28.7 Å². The summed E-state index contributed by atoms with van der Waals surface area (Å²) in [6.07, 6.45) is 2.67.